The molecule has 318 valence electrons. The summed E-state index contributed by atoms with van der Waals surface area (Å²) in [4.78, 5) is 67.1. The average molecular weight is 815 g/mol. The first-order chi connectivity index (χ1) is 28.2. The number of cyclic esters (lactones) is 1. The molecular weight excluding hydrogens is 757 g/mol. The van der Waals surface area contributed by atoms with Crippen molar-refractivity contribution in [3.8, 4) is 0 Å². The summed E-state index contributed by atoms with van der Waals surface area (Å²) in [6.07, 6.45) is 13.3. The minimum Gasteiger partial charge on any atom is -0.423 e. The average Bonchev–Trinajstić information content (AvgIpc) is 3.72. The molecule has 15 heteroatoms. The number of esters is 1. The highest BCUT2D eigenvalue weighted by atomic mass is 16.5. The Morgan fingerprint density at radius 2 is 1.93 bits per heavy atom. The summed E-state index contributed by atoms with van der Waals surface area (Å²) in [6.45, 7) is 14.7. The van der Waals surface area contributed by atoms with E-state index >= 15 is 0 Å². The lowest BCUT2D eigenvalue weighted by atomic mass is 9.45. The number of hydrogen-bond donors (Lipinski definition) is 4. The number of pyridine rings is 1. The zero-order chi connectivity index (χ0) is 42.6. The quantitative estimate of drug-likeness (QED) is 0.189. The first kappa shape index (κ1) is 43.8. The number of carbonyl (C=O) groups is 3. The van der Waals surface area contributed by atoms with Crippen LogP contribution in [0.3, 0.4) is 0 Å². The van der Waals surface area contributed by atoms with Crippen LogP contribution in [0.4, 0.5) is 5.82 Å². The number of aliphatic hydroxyl groups excluding tert-OH is 2. The molecule has 4 fully saturated rings. The van der Waals surface area contributed by atoms with Crippen LogP contribution in [-0.2, 0) is 33.4 Å². The highest BCUT2D eigenvalue weighted by Crippen LogP contribution is 2.62. The minimum atomic E-state index is -0.794. The van der Waals surface area contributed by atoms with E-state index in [4.69, 9.17) is 25.6 Å². The molecule has 15 nitrogen and oxygen atoms in total. The number of ether oxygens (including phenoxy) is 2. The second-order valence-corrected chi connectivity index (χ2v) is 17.0. The van der Waals surface area contributed by atoms with Gasteiger partial charge >= 0.3 is 12.1 Å². The molecule has 1 aromatic rings. The minimum absolute atomic E-state index is 0.00259. The number of aromatic nitrogens is 1. The molecule has 0 spiro atoms. The van der Waals surface area contributed by atoms with Crippen molar-refractivity contribution < 1.29 is 43.7 Å². The van der Waals surface area contributed by atoms with Crippen molar-refractivity contribution in [2.75, 3.05) is 45.3 Å². The zero-order valence-electron chi connectivity index (χ0n) is 34.6. The van der Waals surface area contributed by atoms with Gasteiger partial charge in [0.15, 0.2) is 0 Å². The van der Waals surface area contributed by atoms with Gasteiger partial charge in [0, 0.05) is 36.9 Å². The molecular formula is C44H58N6O9. The third kappa shape index (κ3) is 8.63. The monoisotopic (exact) mass is 814 g/mol. The highest BCUT2D eigenvalue weighted by molar-refractivity contribution is 5.95. The summed E-state index contributed by atoms with van der Waals surface area (Å²) in [6, 6.07) is 4.03. The predicted molar refractivity (Wildman–Crippen MR) is 216 cm³/mol. The van der Waals surface area contributed by atoms with E-state index in [0.29, 0.717) is 75.6 Å². The third-order valence-electron chi connectivity index (χ3n) is 13.7. The first-order valence-corrected chi connectivity index (χ1v) is 20.6. The topological polar surface area (TPSA) is 191 Å². The standard InChI is InChI=1S/C43H58N6O7.CO2/c1-7-34-40(53)49-24-28(11-12-38(49)47(34)6)20-29-21-30(41(54)56-29)33(46-37-10-8-9-15-44-37)22-31-26(2)32(45-27(3)39(52)48-16-18-55-19-17-48)23-35-42(31,4)14-13-36(51)43(35,5)25-50;2-1-3/h8-12,15,20-21,24,27,31-36,38,45,50-51H,2,7,13-14,16-19,22-23,25H2,1,3-6H3,(H,44,46);/b29-20+;/t27?,31?,32?,33?,34?,35?,36-,38?,42-,43+;/m1./s1. The van der Waals surface area contributed by atoms with Gasteiger partial charge in [0.05, 0.1) is 49.6 Å². The Hall–Kier alpha value is -4.76. The van der Waals surface area contributed by atoms with Crippen LogP contribution in [0.5, 0.6) is 0 Å². The second-order valence-electron chi connectivity index (χ2n) is 17.0. The molecule has 7 rings (SSSR count). The number of amides is 2. The van der Waals surface area contributed by atoms with Gasteiger partial charge in [-0.25, -0.2) is 9.78 Å². The lowest BCUT2D eigenvalue weighted by molar-refractivity contribution is -0.191. The zero-order valence-corrected chi connectivity index (χ0v) is 34.6. The second kappa shape index (κ2) is 18.2. The highest BCUT2D eigenvalue weighted by Gasteiger charge is 2.60. The van der Waals surface area contributed by atoms with Crippen molar-refractivity contribution in [1.29, 1.82) is 0 Å². The van der Waals surface area contributed by atoms with Crippen LogP contribution < -0.4 is 10.6 Å². The molecule has 0 radical (unpaired) electrons. The van der Waals surface area contributed by atoms with Gasteiger partial charge in [-0.15, -0.1) is 0 Å². The van der Waals surface area contributed by atoms with Crippen LogP contribution in [0.25, 0.3) is 0 Å². The van der Waals surface area contributed by atoms with Gasteiger partial charge in [0.1, 0.15) is 17.7 Å². The molecule has 10 atom stereocenters. The van der Waals surface area contributed by atoms with Crippen LogP contribution in [-0.4, -0.2) is 130 Å². The van der Waals surface area contributed by atoms with Crippen molar-refractivity contribution in [3.05, 3.63) is 84.0 Å². The number of allylic oxidation sites excluding steroid dienone is 4. The molecule has 4 N–H and O–H groups in total. The number of likely N-dealkylation sites (N-methyl/N-ethyl adjacent to an activating group) is 1. The fourth-order valence-corrected chi connectivity index (χ4v) is 10.4. The number of hydrogen-bond acceptors (Lipinski definition) is 13. The fraction of sp³-hybridized carbons (Fsp3) is 0.568. The molecule has 2 amide bonds. The van der Waals surface area contributed by atoms with Crippen molar-refractivity contribution in [2.45, 2.75) is 96.2 Å². The molecule has 7 unspecified atom stereocenters. The SMILES string of the molecule is C=C1C(NC(C)C(=O)N2CCOCC2)CC2[C@](C)(CC[C@@H](O)[C@@]2(C)CO)C1CC(Nc1ccccn1)C1=C/C(=C\C2=CN3C(=O)C(CC)N(C)C3C=C2)OC1=O.O=C=O. The van der Waals surface area contributed by atoms with Crippen molar-refractivity contribution in [3.63, 3.8) is 0 Å². The summed E-state index contributed by atoms with van der Waals surface area (Å²) < 4.78 is 11.4. The van der Waals surface area contributed by atoms with E-state index in [1.165, 1.54) is 0 Å². The Balaban J connectivity index is 0.00000189. The third-order valence-corrected chi connectivity index (χ3v) is 13.7. The van der Waals surface area contributed by atoms with Gasteiger partial charge in [-0.2, -0.15) is 9.59 Å². The van der Waals surface area contributed by atoms with E-state index in [1.54, 1.807) is 23.2 Å². The van der Waals surface area contributed by atoms with Crippen LogP contribution in [0, 0.1) is 22.7 Å². The molecule has 2 saturated heterocycles. The van der Waals surface area contributed by atoms with Crippen LogP contribution in [0.15, 0.2) is 84.0 Å². The predicted octanol–water partition coefficient (Wildman–Crippen LogP) is 2.93. The largest absolute Gasteiger partial charge is 0.423 e. The lowest BCUT2D eigenvalue weighted by Crippen LogP contribution is -2.62. The molecule has 59 heavy (non-hydrogen) atoms. The Bertz CT molecular complexity index is 1920. The van der Waals surface area contributed by atoms with E-state index in [9.17, 15) is 24.6 Å². The van der Waals surface area contributed by atoms with E-state index < -0.39 is 35.0 Å². The molecule has 2 saturated carbocycles. The van der Waals surface area contributed by atoms with Gasteiger partial charge in [0.2, 0.25) is 11.8 Å². The summed E-state index contributed by atoms with van der Waals surface area (Å²) in [5, 5.41) is 29.5. The molecule has 5 heterocycles. The van der Waals surface area contributed by atoms with Crippen LogP contribution in [0.2, 0.25) is 0 Å². The van der Waals surface area contributed by atoms with Gasteiger partial charge in [-0.05, 0) is 99.3 Å². The van der Waals surface area contributed by atoms with Gasteiger partial charge < -0.3 is 29.9 Å². The van der Waals surface area contributed by atoms with E-state index in [1.807, 2.05) is 69.3 Å². The number of anilines is 1. The molecule has 0 bridgehead atoms. The van der Waals surface area contributed by atoms with E-state index in [0.717, 1.165) is 11.1 Å². The number of nitrogens with one attached hydrogen (secondary N) is 2. The molecule has 6 aliphatic rings. The molecule has 4 aliphatic heterocycles. The molecule has 1 aromatic heterocycles. The van der Waals surface area contributed by atoms with E-state index in [2.05, 4.69) is 27.4 Å². The van der Waals surface area contributed by atoms with Crippen molar-refractivity contribution in [2.24, 2.45) is 22.7 Å². The maximum Gasteiger partial charge on any atom is 0.373 e. The fourth-order valence-electron chi connectivity index (χ4n) is 10.4. The summed E-state index contributed by atoms with van der Waals surface area (Å²) in [7, 11) is 1.95. The molecule has 0 aromatic carbocycles. The van der Waals surface area contributed by atoms with Crippen molar-refractivity contribution in [1.82, 2.24) is 25.0 Å². The number of rotatable bonds is 11. The van der Waals surface area contributed by atoms with Crippen LogP contribution in [0.1, 0.15) is 59.8 Å². The van der Waals surface area contributed by atoms with Crippen LogP contribution >= 0.6 is 0 Å². The molecule has 2 aliphatic carbocycles. The maximum atomic E-state index is 13.9. The normalized spacial score (nSPS) is 33.5. The summed E-state index contributed by atoms with van der Waals surface area (Å²) >= 11 is 0. The van der Waals surface area contributed by atoms with Gasteiger partial charge in [-0.1, -0.05) is 45.1 Å². The Morgan fingerprint density at radius 3 is 2.59 bits per heavy atom. The number of fused-ring (bicyclic) bond motifs is 2. The summed E-state index contributed by atoms with van der Waals surface area (Å²) in [5.41, 5.74) is 0.898. The smallest absolute Gasteiger partial charge is 0.373 e. The van der Waals surface area contributed by atoms with Gasteiger partial charge in [0.25, 0.3) is 0 Å². The maximum absolute atomic E-state index is 13.9. The number of nitrogens with zero attached hydrogens (tertiary/aromatic N) is 4. The first-order valence-electron chi connectivity index (χ1n) is 20.6. The van der Waals surface area contributed by atoms with E-state index in [-0.39, 0.29) is 54.7 Å². The number of morpholine rings is 1. The Morgan fingerprint density at radius 1 is 1.20 bits per heavy atom. The summed E-state index contributed by atoms with van der Waals surface area (Å²) in [5.74, 6) is 0.192. The number of carbonyl (C=O) groups excluding carboxylic acids is 5. The van der Waals surface area contributed by atoms with Crippen molar-refractivity contribution >= 4 is 29.8 Å². The Kier molecular flexibility index (Phi) is 13.5. The Labute approximate surface area is 345 Å². The lowest BCUT2D eigenvalue weighted by Gasteiger charge is -2.62. The number of aliphatic hydroxyl groups is 2. The van der Waals surface area contributed by atoms with Gasteiger partial charge in [-0.3, -0.25) is 24.7 Å².